The monoisotopic (exact) mass is 432 g/mol. The van der Waals surface area contributed by atoms with E-state index in [4.69, 9.17) is 23.7 Å². The molecule has 4 aliphatic rings. The van der Waals surface area contributed by atoms with Gasteiger partial charge >= 0.3 is 17.9 Å². The molecule has 6 atom stereocenters. The first-order valence-electron chi connectivity index (χ1n) is 10.1. The Hall–Kier alpha value is -2.78. The van der Waals surface area contributed by atoms with Crippen LogP contribution < -0.4 is 0 Å². The Kier molecular flexibility index (Phi) is 5.35. The number of ether oxygens (including phenoxy) is 5. The van der Waals surface area contributed by atoms with Crippen LogP contribution in [0.2, 0.25) is 0 Å². The average molecular weight is 432 g/mol. The summed E-state index contributed by atoms with van der Waals surface area (Å²) in [6.07, 6.45) is 1.09. The summed E-state index contributed by atoms with van der Waals surface area (Å²) in [6.45, 7) is 6.04. The first kappa shape index (κ1) is 21.5. The normalized spacial score (nSPS) is 37.9. The van der Waals surface area contributed by atoms with Crippen molar-refractivity contribution in [1.29, 1.82) is 0 Å². The van der Waals surface area contributed by atoms with E-state index < -0.39 is 41.8 Å². The van der Waals surface area contributed by atoms with Crippen LogP contribution in [0.3, 0.4) is 0 Å². The Morgan fingerprint density at radius 1 is 1.29 bits per heavy atom. The van der Waals surface area contributed by atoms with Crippen LogP contribution in [-0.2, 0) is 42.9 Å². The second-order valence-electron chi connectivity index (χ2n) is 8.21. The fourth-order valence-electron chi connectivity index (χ4n) is 4.14. The number of allylic oxidation sites excluding steroid dienone is 1. The lowest BCUT2D eigenvalue weighted by Crippen LogP contribution is -2.35. The van der Waals surface area contributed by atoms with Gasteiger partial charge in [0.25, 0.3) is 0 Å². The molecule has 9 heteroatoms. The van der Waals surface area contributed by atoms with Gasteiger partial charge in [-0.3, -0.25) is 9.59 Å². The summed E-state index contributed by atoms with van der Waals surface area (Å²) in [5.41, 5.74) is 0.462. The van der Waals surface area contributed by atoms with E-state index >= 15 is 0 Å². The van der Waals surface area contributed by atoms with Crippen LogP contribution in [-0.4, -0.2) is 66.9 Å². The molecule has 9 nitrogen and oxygen atoms in total. The summed E-state index contributed by atoms with van der Waals surface area (Å²) >= 11 is 0. The predicted octanol–water partition coefficient (Wildman–Crippen LogP) is 1.10. The number of hydrogen-bond donors (Lipinski definition) is 0. The molecule has 0 saturated carbocycles. The van der Waals surface area contributed by atoms with Crippen molar-refractivity contribution in [3.05, 3.63) is 34.4 Å². The third-order valence-electron chi connectivity index (χ3n) is 6.11. The molecule has 3 aliphatic heterocycles. The van der Waals surface area contributed by atoms with Gasteiger partial charge in [-0.2, -0.15) is 0 Å². The Bertz CT molecular complexity index is 943. The number of carbonyl (C=O) groups excluding carboxylic acids is 4. The summed E-state index contributed by atoms with van der Waals surface area (Å²) in [5.74, 6) is -1.84. The van der Waals surface area contributed by atoms with Crippen molar-refractivity contribution >= 4 is 24.2 Å². The zero-order chi connectivity index (χ0) is 22.5. The molecule has 0 unspecified atom stereocenters. The Morgan fingerprint density at radius 3 is 2.68 bits per heavy atom. The van der Waals surface area contributed by atoms with E-state index in [9.17, 15) is 19.2 Å². The van der Waals surface area contributed by atoms with Crippen molar-refractivity contribution < 1.29 is 42.9 Å². The van der Waals surface area contributed by atoms with Crippen molar-refractivity contribution in [2.75, 3.05) is 6.61 Å². The fourth-order valence-corrected chi connectivity index (χ4v) is 4.14. The fraction of sp³-hybridized carbons (Fsp3) is 0.545. The Morgan fingerprint density at radius 2 is 2.03 bits per heavy atom. The first-order valence-corrected chi connectivity index (χ1v) is 10.1. The third-order valence-corrected chi connectivity index (χ3v) is 6.11. The van der Waals surface area contributed by atoms with Crippen LogP contribution in [0.15, 0.2) is 34.4 Å². The van der Waals surface area contributed by atoms with Crippen LogP contribution in [0.5, 0.6) is 0 Å². The minimum atomic E-state index is -0.982. The Labute approximate surface area is 179 Å². The lowest BCUT2D eigenvalue weighted by atomic mass is 9.86. The van der Waals surface area contributed by atoms with E-state index in [-0.39, 0.29) is 30.8 Å². The molecule has 2 saturated heterocycles. The summed E-state index contributed by atoms with van der Waals surface area (Å²) in [4.78, 5) is 48.4. The molecule has 0 spiro atoms. The zero-order valence-electron chi connectivity index (χ0n) is 17.7. The number of rotatable bonds is 5. The molecule has 0 aromatic heterocycles. The van der Waals surface area contributed by atoms with Gasteiger partial charge in [0.2, 0.25) is 0 Å². The molecular formula is C22H24O9. The molecule has 0 amide bonds. The number of aldehydes is 1. The van der Waals surface area contributed by atoms with E-state index in [0.29, 0.717) is 23.0 Å². The smallest absolute Gasteiger partial charge is 0.338 e. The van der Waals surface area contributed by atoms with Gasteiger partial charge in [-0.15, -0.1) is 0 Å². The number of esters is 3. The van der Waals surface area contributed by atoms with E-state index in [2.05, 4.69) is 0 Å². The van der Waals surface area contributed by atoms with Gasteiger partial charge in [-0.1, -0.05) is 6.08 Å². The molecule has 0 N–H and O–H groups in total. The van der Waals surface area contributed by atoms with E-state index in [0.717, 1.165) is 0 Å². The highest BCUT2D eigenvalue weighted by atomic mass is 16.7. The maximum atomic E-state index is 12.7. The van der Waals surface area contributed by atoms with Gasteiger partial charge in [0.15, 0.2) is 6.10 Å². The molecule has 0 bridgehead atoms. The summed E-state index contributed by atoms with van der Waals surface area (Å²) in [5, 5.41) is 0. The highest BCUT2D eigenvalue weighted by Crippen LogP contribution is 2.54. The van der Waals surface area contributed by atoms with Gasteiger partial charge in [-0.05, 0) is 32.4 Å². The number of carbonyl (C=O) groups is 4. The quantitative estimate of drug-likeness (QED) is 0.207. The minimum absolute atomic E-state index is 0.0221. The predicted molar refractivity (Wildman–Crippen MR) is 104 cm³/mol. The highest BCUT2D eigenvalue weighted by molar-refractivity contribution is 5.94. The van der Waals surface area contributed by atoms with Gasteiger partial charge in [-0.25, -0.2) is 9.59 Å². The van der Waals surface area contributed by atoms with Crippen LogP contribution in [0.25, 0.3) is 0 Å². The van der Waals surface area contributed by atoms with Gasteiger partial charge in [0.05, 0.1) is 5.57 Å². The molecular weight excluding hydrogens is 408 g/mol. The largest absolute Gasteiger partial charge is 0.461 e. The zero-order valence-corrected chi connectivity index (χ0v) is 17.7. The Balaban J connectivity index is 1.78. The third kappa shape index (κ3) is 3.83. The molecule has 0 aromatic carbocycles. The maximum Gasteiger partial charge on any atom is 0.338 e. The number of epoxide rings is 2. The van der Waals surface area contributed by atoms with Crippen molar-refractivity contribution in [3.63, 3.8) is 0 Å². The molecule has 166 valence electrons. The summed E-state index contributed by atoms with van der Waals surface area (Å²) < 4.78 is 28.0. The lowest BCUT2D eigenvalue weighted by molar-refractivity contribution is -0.143. The van der Waals surface area contributed by atoms with Crippen molar-refractivity contribution in [3.8, 4) is 0 Å². The summed E-state index contributed by atoms with van der Waals surface area (Å²) in [7, 11) is 0. The standard InChI is InChI=1S/C22H24O9/c1-5-10(2)20(25)29-14-6-12(8-23)7-15-18(28-15)22(4)19(31-22)17-16(14)13(21(26)30-17)9-27-11(3)24/h5,7-8,14-15,17-19H,6,9H2,1-4H3/b10-5-,12-7-/t14-,15-,17-,18+,19-,22-/m0/s1. The second kappa shape index (κ2) is 7.72. The second-order valence-corrected chi connectivity index (χ2v) is 8.21. The minimum Gasteiger partial charge on any atom is -0.461 e. The van der Waals surface area contributed by atoms with Gasteiger partial charge in [0, 0.05) is 24.5 Å². The SMILES string of the molecule is C/C=C(/C)C(=O)O[C@H]1C/C(C=O)=C/[C@@H]2O[C@H]2[C@]2(C)O[C@H]2[C@H]2OC(=O)C(COC(C)=O)=C12. The molecule has 0 aromatic rings. The lowest BCUT2D eigenvalue weighted by Gasteiger charge is -2.24. The van der Waals surface area contributed by atoms with Crippen LogP contribution in [0.4, 0.5) is 0 Å². The average Bonchev–Trinajstić information content (AvgIpc) is 3.61. The molecule has 0 radical (unpaired) electrons. The number of hydrogen-bond acceptors (Lipinski definition) is 9. The molecule has 3 heterocycles. The van der Waals surface area contributed by atoms with Gasteiger partial charge in [0.1, 0.15) is 42.9 Å². The van der Waals surface area contributed by atoms with Crippen LogP contribution >= 0.6 is 0 Å². The number of fused-ring (bicyclic) bond motifs is 5. The topological polar surface area (TPSA) is 121 Å². The molecule has 31 heavy (non-hydrogen) atoms. The molecule has 1 aliphatic carbocycles. The molecule has 2 fully saturated rings. The highest BCUT2D eigenvalue weighted by Gasteiger charge is 2.71. The molecule has 4 rings (SSSR count). The van der Waals surface area contributed by atoms with E-state index in [1.165, 1.54) is 6.92 Å². The van der Waals surface area contributed by atoms with Crippen molar-refractivity contribution in [1.82, 2.24) is 0 Å². The van der Waals surface area contributed by atoms with Crippen LogP contribution in [0, 0.1) is 0 Å². The van der Waals surface area contributed by atoms with Gasteiger partial charge < -0.3 is 23.7 Å². The van der Waals surface area contributed by atoms with Crippen LogP contribution in [0.1, 0.15) is 34.1 Å². The van der Waals surface area contributed by atoms with Crippen molar-refractivity contribution in [2.24, 2.45) is 0 Å². The maximum absolute atomic E-state index is 12.7. The van der Waals surface area contributed by atoms with E-state index in [1.54, 1.807) is 26.0 Å². The van der Waals surface area contributed by atoms with Crippen molar-refractivity contribution in [2.45, 2.75) is 70.2 Å². The first-order chi connectivity index (χ1) is 14.7. The van der Waals surface area contributed by atoms with E-state index in [1.807, 2.05) is 6.92 Å². The summed E-state index contributed by atoms with van der Waals surface area (Å²) in [6, 6.07) is 0.